The molecule has 0 aromatic carbocycles. The van der Waals surface area contributed by atoms with Crippen molar-refractivity contribution in [2.24, 2.45) is 0 Å². The summed E-state index contributed by atoms with van der Waals surface area (Å²) in [5, 5.41) is 0. The zero-order chi connectivity index (χ0) is 4.50. The Morgan fingerprint density at radius 3 is 1.00 bits per heavy atom. The zero-order valence-corrected chi connectivity index (χ0v) is 4.09. The van der Waals surface area contributed by atoms with Gasteiger partial charge in [-0.15, -0.1) is 0 Å². The summed E-state index contributed by atoms with van der Waals surface area (Å²) >= 11 is 0. The van der Waals surface area contributed by atoms with E-state index in [1.54, 1.807) is 0 Å². The van der Waals surface area contributed by atoms with Crippen LogP contribution in [0.5, 0.6) is 0 Å². The molecule has 58 valence electrons. The van der Waals surface area contributed by atoms with Gasteiger partial charge in [0.1, 0.15) is 0 Å². The van der Waals surface area contributed by atoms with E-state index in [2.05, 4.69) is 0 Å². The van der Waals surface area contributed by atoms with Crippen LogP contribution in [0.4, 0.5) is 0 Å². The number of hydrogen-bond donors (Lipinski definition) is 3. The van der Waals surface area contributed by atoms with Crippen molar-refractivity contribution in [3.05, 3.63) is 0 Å². The van der Waals surface area contributed by atoms with Crippen molar-refractivity contribution in [3.8, 4) is 0 Å². The first-order chi connectivity index (χ1) is 2.00. The topological polar surface area (TPSA) is 141 Å². The average Bonchev–Trinajstić information content (AvgIpc) is 0.722. The molecule has 9 heavy (non-hydrogen) atoms. The molecular weight excluding hydrogens is 291 g/mol. The van der Waals surface area contributed by atoms with Crippen LogP contribution < -0.4 is 0 Å². The van der Waals surface area contributed by atoms with Crippen LogP contribution in [0.3, 0.4) is 0 Å². The minimum atomic E-state index is -4.64. The fraction of sp³-hybridized carbons (Fsp3) is 0. The van der Waals surface area contributed by atoms with E-state index in [0.29, 0.717) is 0 Å². The summed E-state index contributed by atoms with van der Waals surface area (Å²) in [4.78, 5) is 21.6. The maximum atomic E-state index is 8.88. The predicted molar refractivity (Wildman–Crippen MR) is 40.0 cm³/mol. The third-order valence-electron chi connectivity index (χ3n) is 0. The third-order valence-corrected chi connectivity index (χ3v) is 0. The normalized spacial score (nSPS) is 6.56. The Labute approximate surface area is 103 Å². The molecule has 0 atom stereocenters. The summed E-state index contributed by atoms with van der Waals surface area (Å²) in [5.74, 6) is 0. The standard InChI is InChI=1S/Al.Ba.H3O4P.2H2O.5H/c;;1-5(2,3)4;;;;;;;/h;;(H3,1,2,3,4);2*1H2;;;;;. The van der Waals surface area contributed by atoms with Crippen LogP contribution >= 0.6 is 7.82 Å². The van der Waals surface area contributed by atoms with Gasteiger partial charge in [0.2, 0.25) is 0 Å². The van der Waals surface area contributed by atoms with Gasteiger partial charge >= 0.3 is 56.7 Å². The van der Waals surface area contributed by atoms with E-state index < -0.39 is 7.82 Å². The summed E-state index contributed by atoms with van der Waals surface area (Å²) in [6, 6.07) is 0. The van der Waals surface area contributed by atoms with Crippen LogP contribution in [-0.2, 0) is 4.57 Å². The first-order valence-corrected chi connectivity index (χ1v) is 2.35. The predicted octanol–water partition coefficient (Wildman–Crippen LogP) is -4.68. The fourth-order valence-corrected chi connectivity index (χ4v) is 0. The quantitative estimate of drug-likeness (QED) is 0.305. The van der Waals surface area contributed by atoms with Gasteiger partial charge in [-0.1, -0.05) is 0 Å². The number of hydrogen-bond acceptors (Lipinski definition) is 1. The summed E-state index contributed by atoms with van der Waals surface area (Å²) in [7, 11) is -4.64. The van der Waals surface area contributed by atoms with Gasteiger partial charge in [0.15, 0.2) is 17.4 Å². The van der Waals surface area contributed by atoms with Gasteiger partial charge in [0.25, 0.3) is 0 Å². The number of rotatable bonds is 0. The van der Waals surface area contributed by atoms with Gasteiger partial charge in [-0.05, 0) is 0 Å². The molecule has 0 saturated heterocycles. The van der Waals surface area contributed by atoms with Crippen molar-refractivity contribution in [2.75, 3.05) is 0 Å². The van der Waals surface area contributed by atoms with Gasteiger partial charge in [0, 0.05) is 0 Å². The van der Waals surface area contributed by atoms with E-state index in [1.807, 2.05) is 0 Å². The van der Waals surface area contributed by atoms with Gasteiger partial charge in [-0.3, -0.25) is 0 Å². The van der Waals surface area contributed by atoms with Gasteiger partial charge in [0.05, 0.1) is 0 Å². The van der Waals surface area contributed by atoms with Crippen LogP contribution in [0.2, 0.25) is 0 Å². The van der Waals surface area contributed by atoms with Crippen LogP contribution in [0, 0.1) is 0 Å². The molecule has 9 heteroatoms. The molecule has 0 aromatic rings. The first kappa shape index (κ1) is 30.4. The van der Waals surface area contributed by atoms with Crippen molar-refractivity contribution < 1.29 is 30.2 Å². The monoisotopic (exact) mass is 304 g/mol. The fourth-order valence-electron chi connectivity index (χ4n) is 0. The van der Waals surface area contributed by atoms with E-state index in [1.165, 1.54) is 0 Å². The Kier molecular flexibility index (Phi) is 43.1. The summed E-state index contributed by atoms with van der Waals surface area (Å²) in [6.45, 7) is 0. The minimum absolute atomic E-state index is 0. The molecule has 0 aliphatic carbocycles. The van der Waals surface area contributed by atoms with Gasteiger partial charge < -0.3 is 25.6 Å². The molecule has 6 nitrogen and oxygen atoms in total. The van der Waals surface area contributed by atoms with E-state index >= 15 is 0 Å². The SMILES string of the molecule is O.O.O=P(O)(O)O.[AlH3].[BaH2]. The maximum absolute atomic E-state index is 8.88. The molecule has 0 unspecified atom stereocenters. The molecule has 0 bridgehead atoms. The molecule has 0 heterocycles. The molecule has 0 amide bonds. The Morgan fingerprint density at radius 2 is 1.00 bits per heavy atom. The Hall–Kier alpha value is 2.13. The third kappa shape index (κ3) is 147. The van der Waals surface area contributed by atoms with Crippen molar-refractivity contribution in [3.63, 3.8) is 0 Å². The molecule has 7 N–H and O–H groups in total. The van der Waals surface area contributed by atoms with Crippen LogP contribution in [-0.4, -0.2) is 91.9 Å². The molecule has 0 radical (unpaired) electrons. The zero-order valence-electron chi connectivity index (χ0n) is 3.20. The van der Waals surface area contributed by atoms with Crippen LogP contribution in [0.15, 0.2) is 0 Å². The van der Waals surface area contributed by atoms with Crippen molar-refractivity contribution in [1.29, 1.82) is 0 Å². The Morgan fingerprint density at radius 1 is 1.00 bits per heavy atom. The molecular formula is H12AlBaO6P. The first-order valence-electron chi connectivity index (χ1n) is 0.783. The Balaban J connectivity index is -0.0000000133. The van der Waals surface area contributed by atoms with Crippen molar-refractivity contribution in [1.82, 2.24) is 0 Å². The van der Waals surface area contributed by atoms with Gasteiger partial charge in [-0.2, -0.15) is 0 Å². The van der Waals surface area contributed by atoms with Crippen molar-refractivity contribution >= 4 is 74.1 Å². The molecule has 0 aliphatic rings. The molecule has 0 aliphatic heterocycles. The second-order valence-electron chi connectivity index (χ2n) is 0.513. The summed E-state index contributed by atoms with van der Waals surface area (Å²) in [6.07, 6.45) is 0. The number of phosphoric acid groups is 1. The molecule has 0 aromatic heterocycles. The molecule has 0 rings (SSSR count). The molecule has 0 spiro atoms. The van der Waals surface area contributed by atoms with Gasteiger partial charge in [-0.25, -0.2) is 4.57 Å². The van der Waals surface area contributed by atoms with Crippen LogP contribution in [0.1, 0.15) is 0 Å². The average molecular weight is 303 g/mol. The van der Waals surface area contributed by atoms with Crippen molar-refractivity contribution in [2.45, 2.75) is 0 Å². The summed E-state index contributed by atoms with van der Waals surface area (Å²) in [5.41, 5.74) is 0. The van der Waals surface area contributed by atoms with E-state index in [-0.39, 0.29) is 77.2 Å². The molecule has 0 saturated carbocycles. The molecule has 0 fully saturated rings. The van der Waals surface area contributed by atoms with Crippen LogP contribution in [0.25, 0.3) is 0 Å². The Bertz CT molecular complexity index is 59.2. The van der Waals surface area contributed by atoms with E-state index in [0.717, 1.165) is 0 Å². The second-order valence-corrected chi connectivity index (χ2v) is 1.54. The second kappa shape index (κ2) is 12.8. The van der Waals surface area contributed by atoms with E-state index in [4.69, 9.17) is 19.2 Å². The summed E-state index contributed by atoms with van der Waals surface area (Å²) < 4.78 is 8.88. The van der Waals surface area contributed by atoms with E-state index in [9.17, 15) is 0 Å².